The fraction of sp³-hybridized carbons (Fsp3) is 0.300. The molecule has 3 N–H and O–H groups in total. The van der Waals surface area contributed by atoms with Gasteiger partial charge in [0.05, 0.1) is 28.8 Å². The molecule has 20 heavy (non-hydrogen) atoms. The monoisotopic (exact) mass is 278 g/mol. The molecule has 10 heteroatoms. The standard InChI is InChI=1S/C10H10N6O4/c11-15-12-4-8(17)10(18)9-6-2-1-5(16(19)20)3-7(6)13-14-9/h1-3,8,10,17-18H,4H2,(H,13,14). The molecule has 0 bridgehead atoms. The maximum atomic E-state index is 10.6. The molecule has 0 aliphatic carbocycles. The minimum atomic E-state index is -1.34. The van der Waals surface area contributed by atoms with Crippen LogP contribution in [0.3, 0.4) is 0 Å². The van der Waals surface area contributed by atoms with Crippen molar-refractivity contribution in [1.82, 2.24) is 10.2 Å². The number of hydrogen-bond acceptors (Lipinski definition) is 6. The number of fused-ring (bicyclic) bond motifs is 1. The SMILES string of the molecule is [N-]=[N+]=NCC(O)C(O)c1[nH]nc2cc([N+](=O)[O-])ccc12. The van der Waals surface area contributed by atoms with Crippen LogP contribution in [0.5, 0.6) is 0 Å². The quantitative estimate of drug-likeness (QED) is 0.245. The van der Waals surface area contributed by atoms with Crippen molar-refractivity contribution in [1.29, 1.82) is 0 Å². The molecule has 104 valence electrons. The second kappa shape index (κ2) is 5.53. The molecule has 2 rings (SSSR count). The number of rotatable bonds is 5. The number of nitrogens with zero attached hydrogens (tertiary/aromatic N) is 5. The van der Waals surface area contributed by atoms with Crippen molar-refractivity contribution in [3.8, 4) is 0 Å². The summed E-state index contributed by atoms with van der Waals surface area (Å²) in [4.78, 5) is 12.6. The third-order valence-electron chi connectivity index (χ3n) is 2.77. The van der Waals surface area contributed by atoms with Crippen molar-refractivity contribution in [3.05, 3.63) is 44.5 Å². The number of nitrogens with one attached hydrogen (secondary N) is 1. The molecular formula is C10H10N6O4. The lowest BCUT2D eigenvalue weighted by atomic mass is 10.1. The van der Waals surface area contributed by atoms with Crippen molar-refractivity contribution in [3.63, 3.8) is 0 Å². The Morgan fingerprint density at radius 1 is 1.55 bits per heavy atom. The molecular weight excluding hydrogens is 268 g/mol. The fourth-order valence-electron chi connectivity index (χ4n) is 1.77. The van der Waals surface area contributed by atoms with Crippen LogP contribution >= 0.6 is 0 Å². The van der Waals surface area contributed by atoms with Gasteiger partial charge in [0.25, 0.3) is 5.69 Å². The molecule has 0 spiro atoms. The maximum Gasteiger partial charge on any atom is 0.271 e. The third kappa shape index (κ3) is 2.52. The smallest absolute Gasteiger partial charge is 0.271 e. The number of aliphatic hydroxyl groups excluding tert-OH is 2. The van der Waals surface area contributed by atoms with Gasteiger partial charge < -0.3 is 10.2 Å². The van der Waals surface area contributed by atoms with Gasteiger partial charge in [0.2, 0.25) is 0 Å². The Morgan fingerprint density at radius 3 is 2.95 bits per heavy atom. The second-order valence-electron chi connectivity index (χ2n) is 4.02. The molecule has 0 saturated carbocycles. The Kier molecular flexibility index (Phi) is 3.80. The highest BCUT2D eigenvalue weighted by Gasteiger charge is 2.22. The molecule has 1 aromatic heterocycles. The lowest BCUT2D eigenvalue weighted by Gasteiger charge is -2.14. The molecule has 0 saturated heterocycles. The summed E-state index contributed by atoms with van der Waals surface area (Å²) in [6, 6.07) is 3.95. The number of benzene rings is 1. The molecule has 0 aliphatic rings. The number of nitro benzene ring substituents is 1. The summed E-state index contributed by atoms with van der Waals surface area (Å²) in [5.74, 6) is 0. The summed E-state index contributed by atoms with van der Waals surface area (Å²) in [7, 11) is 0. The number of aromatic amines is 1. The van der Waals surface area contributed by atoms with E-state index in [0.717, 1.165) is 0 Å². The lowest BCUT2D eigenvalue weighted by Crippen LogP contribution is -2.21. The Balaban J connectivity index is 2.35. The first-order valence-electron chi connectivity index (χ1n) is 5.54. The van der Waals surface area contributed by atoms with E-state index < -0.39 is 17.1 Å². The topological polar surface area (TPSA) is 161 Å². The summed E-state index contributed by atoms with van der Waals surface area (Å²) in [5.41, 5.74) is 8.54. The summed E-state index contributed by atoms with van der Waals surface area (Å²) >= 11 is 0. The second-order valence-corrected chi connectivity index (χ2v) is 4.02. The Labute approximate surface area is 111 Å². The van der Waals surface area contributed by atoms with E-state index in [4.69, 9.17) is 5.53 Å². The molecule has 0 aliphatic heterocycles. The van der Waals surface area contributed by atoms with Gasteiger partial charge in [0.15, 0.2) is 0 Å². The van der Waals surface area contributed by atoms with Gasteiger partial charge in [0, 0.05) is 22.4 Å². The van der Waals surface area contributed by atoms with Gasteiger partial charge in [-0.15, -0.1) is 0 Å². The zero-order valence-electron chi connectivity index (χ0n) is 10.0. The first kappa shape index (κ1) is 13.7. The van der Waals surface area contributed by atoms with Crippen LogP contribution in [0.15, 0.2) is 23.3 Å². The van der Waals surface area contributed by atoms with Crippen LogP contribution in [0, 0.1) is 10.1 Å². The molecule has 0 amide bonds. The van der Waals surface area contributed by atoms with Gasteiger partial charge in [-0.05, 0) is 11.6 Å². The number of H-pyrrole nitrogens is 1. The predicted molar refractivity (Wildman–Crippen MR) is 67.7 cm³/mol. The molecule has 1 aromatic carbocycles. The van der Waals surface area contributed by atoms with Crippen molar-refractivity contribution < 1.29 is 15.1 Å². The van der Waals surface area contributed by atoms with E-state index in [2.05, 4.69) is 20.2 Å². The molecule has 2 atom stereocenters. The summed E-state index contributed by atoms with van der Waals surface area (Å²) < 4.78 is 0. The highest BCUT2D eigenvalue weighted by atomic mass is 16.6. The van der Waals surface area contributed by atoms with Crippen LogP contribution in [0.25, 0.3) is 21.3 Å². The summed E-state index contributed by atoms with van der Waals surface area (Å²) in [6.45, 7) is -0.300. The van der Waals surface area contributed by atoms with E-state index in [0.29, 0.717) is 10.9 Å². The van der Waals surface area contributed by atoms with Crippen molar-refractivity contribution in [2.75, 3.05) is 6.54 Å². The Bertz CT molecular complexity index is 692. The van der Waals surface area contributed by atoms with E-state index in [1.807, 2.05) is 0 Å². The van der Waals surface area contributed by atoms with Crippen LogP contribution in [-0.4, -0.2) is 38.0 Å². The Hall–Kier alpha value is -2.68. The molecule has 0 fully saturated rings. The van der Waals surface area contributed by atoms with E-state index in [1.54, 1.807) is 0 Å². The predicted octanol–water partition coefficient (Wildman–Crippen LogP) is 1.18. The zero-order valence-corrected chi connectivity index (χ0v) is 10.0. The van der Waals surface area contributed by atoms with E-state index in [1.165, 1.54) is 18.2 Å². The van der Waals surface area contributed by atoms with Crippen LogP contribution in [0.1, 0.15) is 11.8 Å². The van der Waals surface area contributed by atoms with E-state index >= 15 is 0 Å². The largest absolute Gasteiger partial charge is 0.390 e. The van der Waals surface area contributed by atoms with Crippen molar-refractivity contribution in [2.24, 2.45) is 5.11 Å². The average molecular weight is 278 g/mol. The minimum Gasteiger partial charge on any atom is -0.390 e. The van der Waals surface area contributed by atoms with Gasteiger partial charge in [-0.3, -0.25) is 15.2 Å². The van der Waals surface area contributed by atoms with Crippen LogP contribution in [0.4, 0.5) is 5.69 Å². The average Bonchev–Trinajstić information content (AvgIpc) is 2.86. The van der Waals surface area contributed by atoms with Crippen molar-refractivity contribution in [2.45, 2.75) is 12.2 Å². The van der Waals surface area contributed by atoms with Gasteiger partial charge in [-0.1, -0.05) is 5.11 Å². The molecule has 1 heterocycles. The maximum absolute atomic E-state index is 10.6. The highest BCUT2D eigenvalue weighted by molar-refractivity contribution is 5.83. The van der Waals surface area contributed by atoms with Crippen LogP contribution in [0.2, 0.25) is 0 Å². The number of aromatic nitrogens is 2. The summed E-state index contributed by atoms with van der Waals surface area (Å²) in [5, 5.41) is 40.2. The number of non-ortho nitro benzene ring substituents is 1. The zero-order chi connectivity index (χ0) is 14.7. The van der Waals surface area contributed by atoms with E-state index in [-0.39, 0.29) is 17.9 Å². The van der Waals surface area contributed by atoms with Gasteiger partial charge in [0.1, 0.15) is 6.10 Å². The lowest BCUT2D eigenvalue weighted by molar-refractivity contribution is -0.384. The molecule has 2 unspecified atom stereocenters. The van der Waals surface area contributed by atoms with Gasteiger partial charge in [-0.25, -0.2) is 0 Å². The van der Waals surface area contributed by atoms with E-state index in [9.17, 15) is 20.3 Å². The Morgan fingerprint density at radius 2 is 2.30 bits per heavy atom. The highest BCUT2D eigenvalue weighted by Crippen LogP contribution is 2.27. The number of azide groups is 1. The first-order chi connectivity index (χ1) is 9.54. The van der Waals surface area contributed by atoms with Gasteiger partial charge in [-0.2, -0.15) is 5.10 Å². The van der Waals surface area contributed by atoms with Crippen LogP contribution < -0.4 is 0 Å². The molecule has 2 aromatic rings. The number of nitro groups is 1. The number of hydrogen-bond donors (Lipinski definition) is 3. The third-order valence-corrected chi connectivity index (χ3v) is 2.77. The van der Waals surface area contributed by atoms with Crippen molar-refractivity contribution >= 4 is 16.6 Å². The van der Waals surface area contributed by atoms with Crippen LogP contribution in [-0.2, 0) is 0 Å². The normalized spacial score (nSPS) is 13.7. The van der Waals surface area contributed by atoms with Gasteiger partial charge >= 0.3 is 0 Å². The minimum absolute atomic E-state index is 0.125. The fourth-order valence-corrected chi connectivity index (χ4v) is 1.77. The first-order valence-corrected chi connectivity index (χ1v) is 5.54. The number of aliphatic hydroxyl groups is 2. The molecule has 10 nitrogen and oxygen atoms in total. The molecule has 0 radical (unpaired) electrons. The summed E-state index contributed by atoms with van der Waals surface area (Å²) in [6.07, 6.45) is -2.64.